The minimum atomic E-state index is -0.323. The van der Waals surface area contributed by atoms with Gasteiger partial charge in [-0.2, -0.15) is 0 Å². The Labute approximate surface area is 147 Å². The molecule has 0 radical (unpaired) electrons. The van der Waals surface area contributed by atoms with E-state index < -0.39 is 0 Å². The highest BCUT2D eigenvalue weighted by atomic mass is 19.1. The van der Waals surface area contributed by atoms with Gasteiger partial charge >= 0.3 is 0 Å². The average Bonchev–Trinajstić information content (AvgIpc) is 2.62. The molecular formula is C20H23FN2O2. The number of benzene rings is 2. The topological polar surface area (TPSA) is 55.6 Å². The lowest BCUT2D eigenvalue weighted by Crippen LogP contribution is -2.46. The predicted octanol–water partition coefficient (Wildman–Crippen LogP) is 3.20. The molecule has 0 aliphatic carbocycles. The molecule has 1 aliphatic heterocycles. The maximum Gasteiger partial charge on any atom is 0.224 e. The monoisotopic (exact) mass is 342 g/mol. The van der Waals surface area contributed by atoms with Gasteiger partial charge in [0.05, 0.1) is 12.6 Å². The molecule has 3 atom stereocenters. The summed E-state index contributed by atoms with van der Waals surface area (Å²) >= 11 is 0. The van der Waals surface area contributed by atoms with Gasteiger partial charge < -0.3 is 15.4 Å². The maximum absolute atomic E-state index is 13.1. The summed E-state index contributed by atoms with van der Waals surface area (Å²) in [4.78, 5) is 14.5. The lowest BCUT2D eigenvalue weighted by molar-refractivity contribution is -0.145. The summed E-state index contributed by atoms with van der Waals surface area (Å²) in [6, 6.07) is 15.5. The molecule has 0 saturated carbocycles. The van der Waals surface area contributed by atoms with Gasteiger partial charge in [0.25, 0.3) is 0 Å². The van der Waals surface area contributed by atoms with Crippen molar-refractivity contribution >= 4 is 5.91 Å². The fourth-order valence-corrected chi connectivity index (χ4v) is 3.15. The summed E-state index contributed by atoms with van der Waals surface area (Å²) in [6.07, 6.45) is -0.0747. The van der Waals surface area contributed by atoms with Crippen LogP contribution in [0.1, 0.15) is 36.6 Å². The first-order valence-electron chi connectivity index (χ1n) is 8.52. The minimum Gasteiger partial charge on any atom is -0.367 e. The fourth-order valence-electron chi connectivity index (χ4n) is 3.15. The van der Waals surface area contributed by atoms with Gasteiger partial charge in [-0.1, -0.05) is 42.5 Å². The number of nitrogens with zero attached hydrogens (tertiary/aromatic N) is 1. The summed E-state index contributed by atoms with van der Waals surface area (Å²) in [6.45, 7) is 2.93. The summed E-state index contributed by atoms with van der Waals surface area (Å²) in [5, 5.41) is 0. The van der Waals surface area contributed by atoms with Crippen LogP contribution in [0.2, 0.25) is 0 Å². The molecule has 25 heavy (non-hydrogen) atoms. The molecule has 0 spiro atoms. The number of nitrogens with two attached hydrogens (primary N) is 1. The maximum atomic E-state index is 13.1. The highest BCUT2D eigenvalue weighted by Gasteiger charge is 2.30. The first-order chi connectivity index (χ1) is 12.0. The van der Waals surface area contributed by atoms with Crippen molar-refractivity contribution < 1.29 is 13.9 Å². The van der Waals surface area contributed by atoms with Crippen LogP contribution in [0.3, 0.4) is 0 Å². The Morgan fingerprint density at radius 3 is 2.56 bits per heavy atom. The summed E-state index contributed by atoms with van der Waals surface area (Å²) in [7, 11) is 0. The number of amides is 1. The van der Waals surface area contributed by atoms with Crippen molar-refractivity contribution in [2.75, 3.05) is 13.1 Å². The zero-order valence-electron chi connectivity index (χ0n) is 14.3. The van der Waals surface area contributed by atoms with Crippen molar-refractivity contribution in [1.82, 2.24) is 4.90 Å². The third-order valence-corrected chi connectivity index (χ3v) is 4.48. The largest absolute Gasteiger partial charge is 0.367 e. The molecule has 0 aromatic heterocycles. The molecule has 2 N–H and O–H groups in total. The number of ether oxygens (including phenoxy) is 1. The Morgan fingerprint density at radius 2 is 1.88 bits per heavy atom. The van der Waals surface area contributed by atoms with E-state index in [1.54, 1.807) is 17.0 Å². The van der Waals surface area contributed by atoms with Crippen LogP contribution in [0.25, 0.3) is 0 Å². The van der Waals surface area contributed by atoms with Gasteiger partial charge in [-0.05, 0) is 30.2 Å². The number of rotatable bonds is 4. The van der Waals surface area contributed by atoms with Crippen LogP contribution in [0.5, 0.6) is 0 Å². The molecule has 4 nitrogen and oxygen atoms in total. The molecule has 1 fully saturated rings. The molecule has 1 saturated heterocycles. The van der Waals surface area contributed by atoms with Crippen LogP contribution in [0, 0.1) is 5.82 Å². The Bertz CT molecular complexity index is 705. The molecule has 3 unspecified atom stereocenters. The number of carbonyl (C=O) groups is 1. The molecule has 2 aromatic rings. The first kappa shape index (κ1) is 17.6. The van der Waals surface area contributed by atoms with Crippen molar-refractivity contribution in [3.63, 3.8) is 0 Å². The zero-order chi connectivity index (χ0) is 17.8. The first-order valence-corrected chi connectivity index (χ1v) is 8.52. The Kier molecular flexibility index (Phi) is 5.46. The molecule has 132 valence electrons. The van der Waals surface area contributed by atoms with E-state index in [4.69, 9.17) is 10.5 Å². The van der Waals surface area contributed by atoms with Crippen LogP contribution >= 0.6 is 0 Å². The van der Waals surface area contributed by atoms with Crippen LogP contribution in [-0.4, -0.2) is 30.0 Å². The quantitative estimate of drug-likeness (QED) is 0.928. The normalized spacial score (nSPS) is 21.8. The minimum absolute atomic E-state index is 0.0126. The van der Waals surface area contributed by atoms with Crippen LogP contribution in [0.4, 0.5) is 4.39 Å². The number of morpholine rings is 1. The summed E-state index contributed by atoms with van der Waals surface area (Å²) < 4.78 is 19.1. The van der Waals surface area contributed by atoms with Crippen LogP contribution in [-0.2, 0) is 9.53 Å². The molecule has 2 aromatic carbocycles. The van der Waals surface area contributed by atoms with Crippen molar-refractivity contribution in [3.8, 4) is 0 Å². The third-order valence-electron chi connectivity index (χ3n) is 4.48. The summed E-state index contributed by atoms with van der Waals surface area (Å²) in [5.41, 5.74) is 8.00. The van der Waals surface area contributed by atoms with E-state index >= 15 is 0 Å². The van der Waals surface area contributed by atoms with E-state index in [0.29, 0.717) is 13.1 Å². The van der Waals surface area contributed by atoms with Crippen LogP contribution < -0.4 is 5.73 Å². The standard InChI is InChI=1S/C20H23FN2O2/c1-14-12-23(13-19(25-14)16-7-9-17(21)10-8-16)20(24)11-18(22)15-5-3-2-4-6-15/h2-10,14,18-19H,11-13,22H2,1H3. The third kappa shape index (κ3) is 4.44. The molecule has 0 bridgehead atoms. The Hall–Kier alpha value is -2.24. The molecule has 1 amide bonds. The van der Waals surface area contributed by atoms with E-state index in [1.807, 2.05) is 37.3 Å². The van der Waals surface area contributed by atoms with Crippen LogP contribution in [0.15, 0.2) is 54.6 Å². The van der Waals surface area contributed by atoms with E-state index in [1.165, 1.54) is 12.1 Å². The number of halogens is 1. The highest BCUT2D eigenvalue weighted by Crippen LogP contribution is 2.26. The molecule has 3 rings (SSSR count). The van der Waals surface area contributed by atoms with Gasteiger partial charge in [0.1, 0.15) is 11.9 Å². The predicted molar refractivity (Wildman–Crippen MR) is 94.3 cm³/mol. The van der Waals surface area contributed by atoms with Gasteiger partial charge in [-0.3, -0.25) is 4.79 Å². The van der Waals surface area contributed by atoms with Crippen molar-refractivity contribution in [3.05, 3.63) is 71.5 Å². The smallest absolute Gasteiger partial charge is 0.224 e. The molecule has 5 heteroatoms. The fraction of sp³-hybridized carbons (Fsp3) is 0.350. The van der Waals surface area contributed by atoms with Gasteiger partial charge in [0, 0.05) is 19.0 Å². The average molecular weight is 342 g/mol. The van der Waals surface area contributed by atoms with E-state index in [9.17, 15) is 9.18 Å². The molecular weight excluding hydrogens is 319 g/mol. The SMILES string of the molecule is CC1CN(C(=O)CC(N)c2ccccc2)CC(c2ccc(F)cc2)O1. The van der Waals surface area contributed by atoms with Crippen molar-refractivity contribution in [1.29, 1.82) is 0 Å². The number of hydrogen-bond acceptors (Lipinski definition) is 3. The number of carbonyl (C=O) groups excluding carboxylic acids is 1. The Balaban J connectivity index is 1.66. The van der Waals surface area contributed by atoms with Gasteiger partial charge in [-0.15, -0.1) is 0 Å². The second-order valence-electron chi connectivity index (χ2n) is 6.51. The molecule has 1 aliphatic rings. The lowest BCUT2D eigenvalue weighted by Gasteiger charge is -2.37. The van der Waals surface area contributed by atoms with Crippen molar-refractivity contribution in [2.45, 2.75) is 31.6 Å². The second kappa shape index (κ2) is 7.76. The lowest BCUT2D eigenvalue weighted by atomic mass is 10.0. The van der Waals surface area contributed by atoms with Gasteiger partial charge in [-0.25, -0.2) is 4.39 Å². The van der Waals surface area contributed by atoms with E-state index in [2.05, 4.69) is 0 Å². The highest BCUT2D eigenvalue weighted by molar-refractivity contribution is 5.77. The molecule has 1 heterocycles. The van der Waals surface area contributed by atoms with Gasteiger partial charge in [0.15, 0.2) is 0 Å². The Morgan fingerprint density at radius 1 is 1.20 bits per heavy atom. The summed E-state index contributed by atoms with van der Waals surface area (Å²) in [5.74, 6) is -0.270. The van der Waals surface area contributed by atoms with E-state index in [-0.39, 0.29) is 36.4 Å². The second-order valence-corrected chi connectivity index (χ2v) is 6.51. The van der Waals surface area contributed by atoms with E-state index in [0.717, 1.165) is 11.1 Å². The number of hydrogen-bond donors (Lipinski definition) is 1. The zero-order valence-corrected chi connectivity index (χ0v) is 14.3. The van der Waals surface area contributed by atoms with Crippen molar-refractivity contribution in [2.24, 2.45) is 5.73 Å². The van der Waals surface area contributed by atoms with Gasteiger partial charge in [0.2, 0.25) is 5.91 Å².